The van der Waals surface area contributed by atoms with Crippen molar-refractivity contribution in [3.8, 4) is 0 Å². The van der Waals surface area contributed by atoms with Gasteiger partial charge in [0, 0.05) is 0 Å². The molecule has 1 aromatic rings. The fourth-order valence-corrected chi connectivity index (χ4v) is 1.92. The molecule has 4 heteroatoms. The SMILES string of the molecule is [B]c1cccc(C(CCC)C(=O)NC=O)c1C. The minimum atomic E-state index is -0.311. The number of carbonyl (C=O) groups is 2. The molecule has 3 nitrogen and oxygen atoms in total. The molecular weight excluding hydrogens is 213 g/mol. The predicted octanol–water partition coefficient (Wildman–Crippen LogP) is 0.945. The van der Waals surface area contributed by atoms with Crippen LogP contribution in [0.3, 0.4) is 0 Å². The summed E-state index contributed by atoms with van der Waals surface area (Å²) in [6.07, 6.45) is 1.99. The van der Waals surface area contributed by atoms with E-state index in [-0.39, 0.29) is 11.8 Å². The van der Waals surface area contributed by atoms with Crippen molar-refractivity contribution in [2.24, 2.45) is 0 Å². The Morgan fingerprint density at radius 2 is 2.24 bits per heavy atom. The van der Waals surface area contributed by atoms with Crippen LogP contribution in [0.1, 0.15) is 36.8 Å². The molecule has 88 valence electrons. The van der Waals surface area contributed by atoms with E-state index < -0.39 is 0 Å². The third-order valence-corrected chi connectivity index (χ3v) is 2.89. The molecule has 17 heavy (non-hydrogen) atoms. The fourth-order valence-electron chi connectivity index (χ4n) is 1.92. The summed E-state index contributed by atoms with van der Waals surface area (Å²) in [5.74, 6) is -0.579. The maximum atomic E-state index is 11.8. The number of nitrogens with one attached hydrogen (secondary N) is 1. The van der Waals surface area contributed by atoms with E-state index in [2.05, 4.69) is 5.32 Å². The number of carbonyl (C=O) groups excluding carboxylic acids is 2. The molecule has 0 aromatic heterocycles. The number of hydrogen-bond acceptors (Lipinski definition) is 2. The Kier molecular flexibility index (Phi) is 4.95. The first-order valence-electron chi connectivity index (χ1n) is 5.70. The summed E-state index contributed by atoms with van der Waals surface area (Å²) < 4.78 is 0. The number of imide groups is 1. The van der Waals surface area contributed by atoms with Gasteiger partial charge >= 0.3 is 0 Å². The van der Waals surface area contributed by atoms with Gasteiger partial charge in [-0.05, 0) is 18.9 Å². The first-order valence-corrected chi connectivity index (χ1v) is 5.70. The third kappa shape index (κ3) is 3.19. The number of amides is 2. The van der Waals surface area contributed by atoms with Crippen molar-refractivity contribution in [2.75, 3.05) is 0 Å². The highest BCUT2D eigenvalue weighted by Crippen LogP contribution is 2.23. The van der Waals surface area contributed by atoms with Gasteiger partial charge in [0.05, 0.1) is 5.92 Å². The lowest BCUT2D eigenvalue weighted by molar-refractivity contribution is -0.126. The fraction of sp³-hybridized carbons (Fsp3) is 0.385. The lowest BCUT2D eigenvalue weighted by Crippen LogP contribution is -2.29. The molecule has 0 aliphatic heterocycles. The average Bonchev–Trinajstić information content (AvgIpc) is 2.30. The van der Waals surface area contributed by atoms with Gasteiger partial charge in [0.2, 0.25) is 12.3 Å². The van der Waals surface area contributed by atoms with Crippen LogP contribution in [0.25, 0.3) is 0 Å². The van der Waals surface area contributed by atoms with Crippen molar-refractivity contribution in [1.82, 2.24) is 5.32 Å². The Balaban J connectivity index is 3.08. The van der Waals surface area contributed by atoms with Gasteiger partial charge in [-0.3, -0.25) is 14.9 Å². The second-order valence-corrected chi connectivity index (χ2v) is 4.03. The topological polar surface area (TPSA) is 46.2 Å². The first-order chi connectivity index (χ1) is 8.11. The number of hydrogen-bond donors (Lipinski definition) is 1. The van der Waals surface area contributed by atoms with E-state index in [0.29, 0.717) is 18.3 Å². The summed E-state index contributed by atoms with van der Waals surface area (Å²) >= 11 is 0. The zero-order chi connectivity index (χ0) is 12.8. The van der Waals surface area contributed by atoms with Crippen LogP contribution in [0.5, 0.6) is 0 Å². The quantitative estimate of drug-likeness (QED) is 0.603. The lowest BCUT2D eigenvalue weighted by atomic mass is 9.82. The summed E-state index contributed by atoms with van der Waals surface area (Å²) in [4.78, 5) is 22.2. The van der Waals surface area contributed by atoms with Crippen LogP contribution in [-0.4, -0.2) is 20.2 Å². The van der Waals surface area contributed by atoms with Crippen LogP contribution in [0, 0.1) is 6.92 Å². The molecule has 0 aliphatic carbocycles. The normalized spacial score (nSPS) is 11.9. The summed E-state index contributed by atoms with van der Waals surface area (Å²) in [5, 5.41) is 2.22. The predicted molar refractivity (Wildman–Crippen MR) is 68.4 cm³/mol. The minimum absolute atomic E-state index is 0.268. The Labute approximate surface area is 103 Å². The molecule has 0 saturated heterocycles. The second kappa shape index (κ2) is 6.23. The summed E-state index contributed by atoms with van der Waals surface area (Å²) in [5.41, 5.74) is 2.47. The Bertz CT molecular complexity index is 418. The molecule has 1 rings (SSSR count). The molecule has 2 amide bonds. The number of benzene rings is 1. The Morgan fingerprint density at radius 1 is 1.53 bits per heavy atom. The van der Waals surface area contributed by atoms with Gasteiger partial charge < -0.3 is 0 Å². The molecule has 0 saturated carbocycles. The summed E-state index contributed by atoms with van der Waals surface area (Å²) in [7, 11) is 5.83. The van der Waals surface area contributed by atoms with Crippen LogP contribution in [-0.2, 0) is 9.59 Å². The molecule has 2 radical (unpaired) electrons. The Morgan fingerprint density at radius 3 is 2.82 bits per heavy atom. The minimum Gasteiger partial charge on any atom is -0.299 e. The van der Waals surface area contributed by atoms with Crippen molar-refractivity contribution in [3.63, 3.8) is 0 Å². The maximum absolute atomic E-state index is 11.8. The molecule has 0 aliphatic rings. The number of rotatable bonds is 5. The van der Waals surface area contributed by atoms with Crippen molar-refractivity contribution in [1.29, 1.82) is 0 Å². The third-order valence-electron chi connectivity index (χ3n) is 2.89. The van der Waals surface area contributed by atoms with Crippen LogP contribution < -0.4 is 10.8 Å². The van der Waals surface area contributed by atoms with Gasteiger partial charge in [0.25, 0.3) is 0 Å². The molecule has 1 atom stereocenters. The highest BCUT2D eigenvalue weighted by molar-refractivity contribution is 6.33. The zero-order valence-electron chi connectivity index (χ0n) is 10.2. The van der Waals surface area contributed by atoms with Gasteiger partial charge in [-0.2, -0.15) is 0 Å². The van der Waals surface area contributed by atoms with E-state index >= 15 is 0 Å². The van der Waals surface area contributed by atoms with E-state index in [9.17, 15) is 9.59 Å². The molecule has 1 aromatic carbocycles. The Hall–Kier alpha value is -1.58. The maximum Gasteiger partial charge on any atom is 0.233 e. The molecule has 0 bridgehead atoms. The van der Waals surface area contributed by atoms with Crippen molar-refractivity contribution in [2.45, 2.75) is 32.6 Å². The van der Waals surface area contributed by atoms with Crippen LogP contribution in [0.2, 0.25) is 0 Å². The van der Waals surface area contributed by atoms with Gasteiger partial charge in [-0.25, -0.2) is 0 Å². The van der Waals surface area contributed by atoms with Crippen LogP contribution >= 0.6 is 0 Å². The monoisotopic (exact) mass is 229 g/mol. The summed E-state index contributed by atoms with van der Waals surface area (Å²) in [6.45, 7) is 3.89. The van der Waals surface area contributed by atoms with Crippen LogP contribution in [0.4, 0.5) is 0 Å². The smallest absolute Gasteiger partial charge is 0.233 e. The van der Waals surface area contributed by atoms with Gasteiger partial charge in [0.1, 0.15) is 7.85 Å². The lowest BCUT2D eigenvalue weighted by Gasteiger charge is -2.18. The van der Waals surface area contributed by atoms with Gasteiger partial charge in [0.15, 0.2) is 0 Å². The molecular formula is C13H16BNO2. The summed E-state index contributed by atoms with van der Waals surface area (Å²) in [6, 6.07) is 5.52. The van der Waals surface area contributed by atoms with Crippen molar-refractivity contribution >= 4 is 25.6 Å². The standard InChI is InChI=1S/C13H16BNO2/c1-3-5-11(13(17)15-8-16)10-6-4-7-12(14)9(10)2/h4,6-8,11H,3,5H2,1-2H3,(H,15,16,17). The van der Waals surface area contributed by atoms with E-state index in [1.165, 1.54) is 0 Å². The molecule has 1 unspecified atom stereocenters. The largest absolute Gasteiger partial charge is 0.299 e. The molecule has 0 fully saturated rings. The highest BCUT2D eigenvalue weighted by atomic mass is 16.2. The van der Waals surface area contributed by atoms with Crippen molar-refractivity contribution in [3.05, 3.63) is 29.3 Å². The highest BCUT2D eigenvalue weighted by Gasteiger charge is 2.21. The van der Waals surface area contributed by atoms with Gasteiger partial charge in [-0.15, -0.1) is 0 Å². The zero-order valence-corrected chi connectivity index (χ0v) is 10.2. The molecule has 0 heterocycles. The average molecular weight is 229 g/mol. The van der Waals surface area contributed by atoms with Crippen LogP contribution in [0.15, 0.2) is 18.2 Å². The van der Waals surface area contributed by atoms with Crippen molar-refractivity contribution < 1.29 is 9.59 Å². The van der Waals surface area contributed by atoms with E-state index in [1.54, 1.807) is 6.07 Å². The van der Waals surface area contributed by atoms with E-state index in [1.807, 2.05) is 26.0 Å². The molecule has 0 spiro atoms. The van der Waals surface area contributed by atoms with E-state index in [0.717, 1.165) is 17.5 Å². The molecule has 1 N–H and O–H groups in total. The van der Waals surface area contributed by atoms with Gasteiger partial charge in [-0.1, -0.05) is 42.6 Å². The first kappa shape index (κ1) is 13.5. The second-order valence-electron chi connectivity index (χ2n) is 4.03. The van der Waals surface area contributed by atoms with E-state index in [4.69, 9.17) is 7.85 Å².